The molecule has 2 fully saturated rings. The maximum Gasteiger partial charge on any atom is 0.223 e. The van der Waals surface area contributed by atoms with Crippen LogP contribution in [0.15, 0.2) is 0 Å². The zero-order valence-corrected chi connectivity index (χ0v) is 11.1. The molecule has 0 spiro atoms. The molecule has 5 heteroatoms. The van der Waals surface area contributed by atoms with Gasteiger partial charge in [-0.2, -0.15) is 0 Å². The molecule has 82 valence electrons. The van der Waals surface area contributed by atoms with Crippen molar-refractivity contribution in [3.05, 3.63) is 0 Å². The van der Waals surface area contributed by atoms with Crippen LogP contribution in [0.2, 0.25) is 0 Å². The first kappa shape index (κ1) is 11.1. The second-order valence-corrected chi connectivity index (χ2v) is 7.92. The summed E-state index contributed by atoms with van der Waals surface area (Å²) in [5, 5.41) is 0. The molecule has 2 unspecified atom stereocenters. The van der Waals surface area contributed by atoms with Crippen LogP contribution in [0.5, 0.6) is 0 Å². The molecule has 0 aromatic heterocycles. The molecule has 0 radical (unpaired) electrons. The predicted molar refractivity (Wildman–Crippen MR) is 64.6 cm³/mol. The van der Waals surface area contributed by atoms with E-state index < -0.39 is 10.0 Å². The molecule has 2 aliphatic rings. The summed E-state index contributed by atoms with van der Waals surface area (Å²) in [7, 11) is -2.92. The maximum absolute atomic E-state index is 11.7. The highest BCUT2D eigenvalue weighted by Crippen LogP contribution is 2.37. The first-order valence-electron chi connectivity index (χ1n) is 5.29. The summed E-state index contributed by atoms with van der Waals surface area (Å²) < 4.78 is 24.9. The van der Waals surface area contributed by atoms with E-state index in [-0.39, 0.29) is 0 Å². The highest BCUT2D eigenvalue weighted by Gasteiger charge is 2.43. The summed E-state index contributed by atoms with van der Waals surface area (Å²) in [6.45, 7) is 0. The van der Waals surface area contributed by atoms with Crippen LogP contribution in [0.25, 0.3) is 0 Å². The molecule has 1 heterocycles. The lowest BCUT2D eigenvalue weighted by Crippen LogP contribution is -2.27. The van der Waals surface area contributed by atoms with E-state index in [9.17, 15) is 8.42 Å². The number of halogens is 1. The van der Waals surface area contributed by atoms with Crippen molar-refractivity contribution in [2.45, 2.75) is 44.6 Å². The van der Waals surface area contributed by atoms with Gasteiger partial charge in [-0.05, 0) is 18.8 Å². The van der Waals surface area contributed by atoms with Gasteiger partial charge in [-0.3, -0.25) is 0 Å². The topological polar surface area (TPSA) is 37.4 Å². The molecular formula is C9H16INO2S. The van der Waals surface area contributed by atoms with Crippen molar-refractivity contribution in [3.8, 4) is 0 Å². The number of rotatable bonds is 0. The highest BCUT2D eigenvalue weighted by molar-refractivity contribution is 14.1. The average molecular weight is 329 g/mol. The molecule has 0 N–H and O–H groups in total. The Bertz CT molecular complexity index is 304. The Morgan fingerprint density at radius 3 is 2.43 bits per heavy atom. The van der Waals surface area contributed by atoms with Gasteiger partial charge in [0.05, 0.1) is 5.75 Å². The van der Waals surface area contributed by atoms with Gasteiger partial charge in [0.25, 0.3) is 0 Å². The fourth-order valence-corrected chi connectivity index (χ4v) is 5.53. The Kier molecular flexibility index (Phi) is 3.38. The molecule has 3 nitrogen and oxygen atoms in total. The van der Waals surface area contributed by atoms with Crippen LogP contribution >= 0.6 is 22.9 Å². The molecule has 1 saturated heterocycles. The molecule has 1 aliphatic carbocycles. The van der Waals surface area contributed by atoms with Crippen molar-refractivity contribution in [1.82, 2.24) is 2.52 Å². The highest BCUT2D eigenvalue weighted by atomic mass is 127. The van der Waals surface area contributed by atoms with E-state index >= 15 is 0 Å². The van der Waals surface area contributed by atoms with E-state index in [1.165, 1.54) is 25.7 Å². The fourth-order valence-electron chi connectivity index (χ4n) is 2.55. The van der Waals surface area contributed by atoms with Gasteiger partial charge in [0.15, 0.2) is 0 Å². The first-order chi connectivity index (χ1) is 6.61. The van der Waals surface area contributed by atoms with E-state index in [2.05, 4.69) is 0 Å². The molecule has 0 amide bonds. The van der Waals surface area contributed by atoms with Crippen molar-refractivity contribution in [2.75, 3.05) is 5.75 Å². The molecule has 2 rings (SSSR count). The number of nitrogens with zero attached hydrogens (tertiary/aromatic N) is 1. The van der Waals surface area contributed by atoms with Crippen LogP contribution in [0.3, 0.4) is 0 Å². The van der Waals surface area contributed by atoms with Crippen LogP contribution in [0.1, 0.15) is 38.5 Å². The Morgan fingerprint density at radius 1 is 1.07 bits per heavy atom. The summed E-state index contributed by atoms with van der Waals surface area (Å²) in [6.07, 6.45) is 7.12. The van der Waals surface area contributed by atoms with Crippen LogP contribution in [0, 0.1) is 5.92 Å². The largest absolute Gasteiger partial charge is 0.223 e. The molecular weight excluding hydrogens is 313 g/mol. The van der Waals surface area contributed by atoms with E-state index in [1.54, 1.807) is 2.52 Å². The third kappa shape index (κ3) is 2.09. The second kappa shape index (κ2) is 4.25. The van der Waals surface area contributed by atoms with Gasteiger partial charge in [0.1, 0.15) is 0 Å². The summed E-state index contributed by atoms with van der Waals surface area (Å²) in [5.41, 5.74) is 0. The van der Waals surface area contributed by atoms with Gasteiger partial charge in [-0.15, -0.1) is 2.52 Å². The predicted octanol–water partition coefficient (Wildman–Crippen LogP) is 2.32. The minimum absolute atomic E-state index is 0.292. The monoisotopic (exact) mass is 329 g/mol. The number of fused-ring (bicyclic) bond motifs is 1. The van der Waals surface area contributed by atoms with E-state index in [4.69, 9.17) is 0 Å². The number of hydrogen-bond donors (Lipinski definition) is 0. The quantitative estimate of drug-likeness (QED) is 0.505. The zero-order chi connectivity index (χ0) is 10.2. The van der Waals surface area contributed by atoms with E-state index in [0.717, 1.165) is 12.8 Å². The molecule has 14 heavy (non-hydrogen) atoms. The third-order valence-corrected chi connectivity index (χ3v) is 7.49. The standard InChI is InChI=1S/C9H16INO2S/c10-11-9-6-4-2-1-3-5-8(9)7-14(11,12)13/h8-9H,1-7H2. The molecule has 0 bridgehead atoms. The van der Waals surface area contributed by atoms with Crippen LogP contribution < -0.4 is 0 Å². The number of hydrogen-bond acceptors (Lipinski definition) is 2. The van der Waals surface area contributed by atoms with Crippen molar-refractivity contribution in [2.24, 2.45) is 5.92 Å². The van der Waals surface area contributed by atoms with Gasteiger partial charge in [0, 0.05) is 28.9 Å². The van der Waals surface area contributed by atoms with Crippen molar-refractivity contribution in [3.63, 3.8) is 0 Å². The van der Waals surface area contributed by atoms with E-state index in [0.29, 0.717) is 17.7 Å². The summed E-state index contributed by atoms with van der Waals surface area (Å²) in [5.74, 6) is 0.790. The lowest BCUT2D eigenvalue weighted by molar-refractivity contribution is 0.323. The van der Waals surface area contributed by atoms with Gasteiger partial charge in [-0.25, -0.2) is 8.42 Å². The minimum atomic E-state index is -2.92. The van der Waals surface area contributed by atoms with Crippen LogP contribution in [-0.2, 0) is 10.0 Å². The zero-order valence-electron chi connectivity index (χ0n) is 8.15. The second-order valence-electron chi connectivity index (χ2n) is 4.34. The molecule has 0 aromatic carbocycles. The SMILES string of the molecule is O=S1(=O)CC2CCCCCCC2N1I. The normalized spacial score (nSPS) is 38.6. The van der Waals surface area contributed by atoms with Crippen LogP contribution in [0.4, 0.5) is 0 Å². The minimum Gasteiger partial charge on any atom is -0.211 e. The Labute approximate surface area is 99.8 Å². The summed E-state index contributed by atoms with van der Waals surface area (Å²) >= 11 is 1.98. The van der Waals surface area contributed by atoms with Gasteiger partial charge in [-0.1, -0.05) is 25.7 Å². The first-order valence-corrected chi connectivity index (χ1v) is 7.86. The lowest BCUT2D eigenvalue weighted by Gasteiger charge is -2.23. The smallest absolute Gasteiger partial charge is 0.211 e. The molecule has 1 saturated carbocycles. The fraction of sp³-hybridized carbons (Fsp3) is 1.00. The average Bonchev–Trinajstić information content (AvgIpc) is 2.27. The molecule has 2 atom stereocenters. The Morgan fingerprint density at radius 2 is 1.71 bits per heavy atom. The summed E-state index contributed by atoms with van der Waals surface area (Å²) in [4.78, 5) is 0. The molecule has 0 aromatic rings. The summed E-state index contributed by atoms with van der Waals surface area (Å²) in [6, 6.07) is 0.292. The third-order valence-electron chi connectivity index (χ3n) is 3.32. The van der Waals surface area contributed by atoms with Gasteiger partial charge < -0.3 is 0 Å². The van der Waals surface area contributed by atoms with E-state index in [1.807, 2.05) is 22.9 Å². The van der Waals surface area contributed by atoms with Gasteiger partial charge in [0.2, 0.25) is 10.0 Å². The number of sulfonamides is 1. The maximum atomic E-state index is 11.7. The molecule has 1 aliphatic heterocycles. The van der Waals surface area contributed by atoms with Crippen LogP contribution in [-0.4, -0.2) is 22.7 Å². The Balaban J connectivity index is 2.15. The van der Waals surface area contributed by atoms with Gasteiger partial charge >= 0.3 is 0 Å². The lowest BCUT2D eigenvalue weighted by atomic mass is 9.89. The Hall–Kier alpha value is 0.640. The van der Waals surface area contributed by atoms with Crippen molar-refractivity contribution in [1.29, 1.82) is 0 Å². The van der Waals surface area contributed by atoms with Crippen molar-refractivity contribution < 1.29 is 8.42 Å². The van der Waals surface area contributed by atoms with Crippen molar-refractivity contribution >= 4 is 32.9 Å².